The van der Waals surface area contributed by atoms with E-state index >= 15 is 0 Å². The topological polar surface area (TPSA) is 52.6 Å². The highest BCUT2D eigenvalue weighted by molar-refractivity contribution is 6.09. The molecule has 2 heterocycles. The zero-order valence-electron chi connectivity index (χ0n) is 15.0. The molecule has 4 nitrogen and oxygen atoms in total. The Morgan fingerprint density at radius 2 is 1.75 bits per heavy atom. The second-order valence-electron chi connectivity index (χ2n) is 8.11. The van der Waals surface area contributed by atoms with Crippen molar-refractivity contribution in [1.29, 1.82) is 0 Å². The molecule has 28 heavy (non-hydrogen) atoms. The van der Waals surface area contributed by atoms with Crippen molar-refractivity contribution >= 4 is 11.6 Å². The minimum absolute atomic E-state index is 0.0432. The number of aromatic hydroxyl groups is 1. The molecular weight excluding hydrogens is 369 g/mol. The number of carbonyl (C=O) groups is 1. The van der Waals surface area contributed by atoms with Crippen molar-refractivity contribution < 1.29 is 23.1 Å². The van der Waals surface area contributed by atoms with Crippen molar-refractivity contribution in [2.75, 3.05) is 18.4 Å². The summed E-state index contributed by atoms with van der Waals surface area (Å²) in [5, 5.41) is 12.2. The van der Waals surface area contributed by atoms with Gasteiger partial charge in [0.2, 0.25) is 0 Å². The van der Waals surface area contributed by atoms with Gasteiger partial charge in [-0.15, -0.1) is 0 Å². The lowest BCUT2D eigenvalue weighted by molar-refractivity contribution is -0.136. The Bertz CT molecular complexity index is 967. The first-order valence-corrected chi connectivity index (χ1v) is 9.33. The Hall–Kier alpha value is -2.54. The number of hydrogen-bond acceptors (Lipinski definition) is 3. The van der Waals surface area contributed by atoms with Gasteiger partial charge in [0, 0.05) is 18.7 Å². The van der Waals surface area contributed by atoms with Crippen LogP contribution in [0.5, 0.6) is 5.75 Å². The smallest absolute Gasteiger partial charge is 0.418 e. The lowest BCUT2D eigenvalue weighted by Gasteiger charge is -2.38. The second-order valence-corrected chi connectivity index (χ2v) is 8.11. The molecule has 5 rings (SSSR count). The van der Waals surface area contributed by atoms with Gasteiger partial charge in [-0.05, 0) is 48.4 Å². The van der Waals surface area contributed by atoms with Crippen molar-refractivity contribution in [3.63, 3.8) is 0 Å². The summed E-state index contributed by atoms with van der Waals surface area (Å²) in [7, 11) is 0. The molecule has 1 amide bonds. The van der Waals surface area contributed by atoms with Gasteiger partial charge in [-0.25, -0.2) is 0 Å². The van der Waals surface area contributed by atoms with E-state index in [-0.39, 0.29) is 16.9 Å². The van der Waals surface area contributed by atoms with Gasteiger partial charge in [-0.3, -0.25) is 9.69 Å². The summed E-state index contributed by atoms with van der Waals surface area (Å²) in [6.45, 7) is 1.32. The average molecular weight is 388 g/mol. The molecule has 2 N–H and O–H groups in total. The van der Waals surface area contributed by atoms with E-state index in [2.05, 4.69) is 5.32 Å². The standard InChI is InChI=1S/C21H19F3N2O2/c22-21(23,24)16-3-1-2-15-17(16)25-18(28)20(15,13-4-6-14(27)7-5-13)26-11-10-19(12-26)8-9-19/h1-7,27H,8-12H2,(H,25,28). The van der Waals surface area contributed by atoms with Crippen molar-refractivity contribution in [2.45, 2.75) is 31.0 Å². The van der Waals surface area contributed by atoms with E-state index in [1.54, 1.807) is 18.2 Å². The number of nitrogens with zero attached hydrogens (tertiary/aromatic N) is 1. The predicted molar refractivity (Wildman–Crippen MR) is 96.8 cm³/mol. The lowest BCUT2D eigenvalue weighted by atomic mass is 9.81. The number of nitrogens with one attached hydrogen (secondary N) is 1. The molecule has 0 radical (unpaired) electrons. The Kier molecular flexibility index (Phi) is 3.45. The van der Waals surface area contributed by atoms with Crippen molar-refractivity contribution in [3.8, 4) is 5.75 Å². The fourth-order valence-corrected chi connectivity index (χ4v) is 4.84. The first-order valence-electron chi connectivity index (χ1n) is 9.33. The normalized spacial score (nSPS) is 25.8. The summed E-state index contributed by atoms with van der Waals surface area (Å²) in [6.07, 6.45) is -1.45. The Morgan fingerprint density at radius 1 is 1.04 bits per heavy atom. The molecular formula is C21H19F3N2O2. The number of phenols is 1. The van der Waals surface area contributed by atoms with Crippen LogP contribution in [-0.2, 0) is 16.5 Å². The van der Waals surface area contributed by atoms with E-state index in [1.165, 1.54) is 18.2 Å². The van der Waals surface area contributed by atoms with E-state index < -0.39 is 23.2 Å². The van der Waals surface area contributed by atoms with E-state index in [9.17, 15) is 23.1 Å². The first kappa shape index (κ1) is 17.6. The number of rotatable bonds is 2. The van der Waals surface area contributed by atoms with Gasteiger partial charge < -0.3 is 10.4 Å². The number of hydrogen-bond donors (Lipinski definition) is 2. The van der Waals surface area contributed by atoms with E-state index in [1.807, 2.05) is 4.90 Å². The van der Waals surface area contributed by atoms with Crippen molar-refractivity contribution in [2.24, 2.45) is 5.41 Å². The third-order valence-corrected chi connectivity index (χ3v) is 6.48. The summed E-state index contributed by atoms with van der Waals surface area (Å²) in [5.74, 6) is -0.427. The summed E-state index contributed by atoms with van der Waals surface area (Å²) < 4.78 is 40.8. The SMILES string of the molecule is O=C1Nc2c(C(F)(F)F)cccc2C1(c1ccc(O)cc1)N1CCC2(CC2)C1. The van der Waals surface area contributed by atoms with Crippen LogP contribution in [0.25, 0.3) is 0 Å². The van der Waals surface area contributed by atoms with Crippen LogP contribution >= 0.6 is 0 Å². The van der Waals surface area contributed by atoms with Gasteiger partial charge in [0.1, 0.15) is 5.75 Å². The molecule has 7 heteroatoms. The molecule has 0 bridgehead atoms. The maximum absolute atomic E-state index is 13.6. The fourth-order valence-electron chi connectivity index (χ4n) is 4.84. The third kappa shape index (κ3) is 2.32. The molecule has 2 aliphatic heterocycles. The van der Waals surface area contributed by atoms with Crippen LogP contribution < -0.4 is 5.32 Å². The highest BCUT2D eigenvalue weighted by atomic mass is 19.4. The molecule has 2 aromatic carbocycles. The van der Waals surface area contributed by atoms with Gasteiger partial charge in [0.25, 0.3) is 5.91 Å². The fraction of sp³-hybridized carbons (Fsp3) is 0.381. The van der Waals surface area contributed by atoms with E-state index in [4.69, 9.17) is 0 Å². The maximum atomic E-state index is 13.6. The van der Waals surface area contributed by atoms with Gasteiger partial charge in [-0.2, -0.15) is 13.2 Å². The number of halogens is 3. The summed E-state index contributed by atoms with van der Waals surface area (Å²) in [5.41, 5.74) is -1.23. The van der Waals surface area contributed by atoms with Crippen LogP contribution in [0.4, 0.5) is 18.9 Å². The van der Waals surface area contributed by atoms with Gasteiger partial charge in [0.05, 0.1) is 11.3 Å². The highest BCUT2D eigenvalue weighted by Crippen LogP contribution is 2.58. The molecule has 0 aromatic heterocycles. The number of benzene rings is 2. The number of amides is 1. The molecule has 3 aliphatic rings. The largest absolute Gasteiger partial charge is 0.508 e. The predicted octanol–water partition coefficient (Wildman–Crippen LogP) is 4.09. The van der Waals surface area contributed by atoms with Crippen LogP contribution in [0.3, 0.4) is 0 Å². The quantitative estimate of drug-likeness (QED) is 0.815. The first-order chi connectivity index (χ1) is 13.3. The zero-order valence-corrected chi connectivity index (χ0v) is 15.0. The van der Waals surface area contributed by atoms with Gasteiger partial charge >= 0.3 is 6.18 Å². The molecule has 1 spiro atoms. The number of anilines is 1. The minimum atomic E-state index is -4.56. The Labute approximate surface area is 160 Å². The van der Waals surface area contributed by atoms with Gasteiger partial charge in [-0.1, -0.05) is 24.3 Å². The summed E-state index contributed by atoms with van der Waals surface area (Å²) >= 11 is 0. The Morgan fingerprint density at radius 3 is 2.36 bits per heavy atom. The molecule has 2 fully saturated rings. The lowest BCUT2D eigenvalue weighted by Crippen LogP contribution is -2.51. The molecule has 1 atom stereocenters. The summed E-state index contributed by atoms with van der Waals surface area (Å²) in [6, 6.07) is 10.2. The number of phenolic OH excluding ortho intramolecular Hbond substituents is 1. The number of alkyl halides is 3. The van der Waals surface area contributed by atoms with E-state index in [0.29, 0.717) is 24.2 Å². The van der Waals surface area contributed by atoms with Gasteiger partial charge in [0.15, 0.2) is 5.54 Å². The Balaban J connectivity index is 1.75. The number of carbonyl (C=O) groups excluding carboxylic acids is 1. The zero-order chi connectivity index (χ0) is 19.7. The number of para-hydroxylation sites is 1. The maximum Gasteiger partial charge on any atom is 0.418 e. The van der Waals surface area contributed by atoms with E-state index in [0.717, 1.165) is 25.3 Å². The number of likely N-dealkylation sites (tertiary alicyclic amines) is 1. The van der Waals surface area contributed by atoms with Crippen LogP contribution in [0.1, 0.15) is 36.0 Å². The molecule has 1 saturated heterocycles. The van der Waals surface area contributed by atoms with Crippen LogP contribution in [-0.4, -0.2) is 29.0 Å². The monoisotopic (exact) mass is 388 g/mol. The molecule has 1 unspecified atom stereocenters. The molecule has 2 aromatic rings. The molecule has 1 saturated carbocycles. The highest BCUT2D eigenvalue weighted by Gasteiger charge is 2.60. The van der Waals surface area contributed by atoms with Crippen molar-refractivity contribution in [3.05, 3.63) is 59.2 Å². The third-order valence-electron chi connectivity index (χ3n) is 6.48. The van der Waals surface area contributed by atoms with Crippen LogP contribution in [0.2, 0.25) is 0 Å². The summed E-state index contributed by atoms with van der Waals surface area (Å²) in [4.78, 5) is 15.4. The average Bonchev–Trinajstić information content (AvgIpc) is 3.15. The van der Waals surface area contributed by atoms with Crippen molar-refractivity contribution in [1.82, 2.24) is 4.90 Å². The second kappa shape index (κ2) is 5.50. The van der Waals surface area contributed by atoms with Crippen LogP contribution in [0.15, 0.2) is 42.5 Å². The van der Waals surface area contributed by atoms with Crippen LogP contribution in [0, 0.1) is 5.41 Å². The minimum Gasteiger partial charge on any atom is -0.508 e. The number of fused-ring (bicyclic) bond motifs is 1. The molecule has 1 aliphatic carbocycles. The molecule has 146 valence electrons.